The largest absolute Gasteiger partial charge is 0.469 e. The summed E-state index contributed by atoms with van der Waals surface area (Å²) in [5, 5.41) is 8.61. The predicted octanol–water partition coefficient (Wildman–Crippen LogP) is 0.532. The Morgan fingerprint density at radius 3 is 3.00 bits per heavy atom. The fraction of sp³-hybridized carbons (Fsp3) is 0.500. The average molecular weight is 155 g/mol. The summed E-state index contributed by atoms with van der Waals surface area (Å²) in [4.78, 5) is 0. The lowest BCUT2D eigenvalue weighted by atomic mass is 10.1. The summed E-state index contributed by atoms with van der Waals surface area (Å²) < 4.78 is 5.09. The summed E-state index contributed by atoms with van der Waals surface area (Å²) in [5.41, 5.74) is 5.50. The Bertz CT molecular complexity index is 184. The van der Waals surface area contributed by atoms with E-state index in [0.29, 0.717) is 0 Å². The number of aliphatic hydroxyl groups excluding tert-OH is 1. The van der Waals surface area contributed by atoms with Crippen molar-refractivity contribution in [3.05, 3.63) is 24.2 Å². The third-order valence-electron chi connectivity index (χ3n) is 1.58. The number of hydrogen-bond donors (Lipinski definition) is 2. The maximum atomic E-state index is 8.61. The van der Waals surface area contributed by atoms with Crippen LogP contribution in [0.5, 0.6) is 0 Å². The SMILES string of the molecule is NC(CO)CCc1ccco1. The molecular weight excluding hydrogens is 142 g/mol. The molecular formula is C8H13NO2. The van der Waals surface area contributed by atoms with Crippen molar-refractivity contribution in [2.75, 3.05) is 6.61 Å². The third-order valence-corrected chi connectivity index (χ3v) is 1.58. The van der Waals surface area contributed by atoms with E-state index >= 15 is 0 Å². The van der Waals surface area contributed by atoms with Crippen molar-refractivity contribution in [3.8, 4) is 0 Å². The Morgan fingerprint density at radius 1 is 1.64 bits per heavy atom. The highest BCUT2D eigenvalue weighted by molar-refractivity contribution is 4.98. The number of hydrogen-bond acceptors (Lipinski definition) is 3. The summed E-state index contributed by atoms with van der Waals surface area (Å²) in [6.45, 7) is 0.0424. The minimum Gasteiger partial charge on any atom is -0.469 e. The van der Waals surface area contributed by atoms with Crippen LogP contribution in [0.4, 0.5) is 0 Å². The zero-order chi connectivity index (χ0) is 8.10. The fourth-order valence-electron chi connectivity index (χ4n) is 0.874. The Balaban J connectivity index is 2.23. The quantitative estimate of drug-likeness (QED) is 0.666. The first-order chi connectivity index (χ1) is 5.33. The summed E-state index contributed by atoms with van der Waals surface area (Å²) in [7, 11) is 0. The van der Waals surface area contributed by atoms with Crippen LogP contribution in [0.1, 0.15) is 12.2 Å². The van der Waals surface area contributed by atoms with Crippen molar-refractivity contribution in [2.24, 2.45) is 5.73 Å². The monoisotopic (exact) mass is 155 g/mol. The van der Waals surface area contributed by atoms with E-state index in [2.05, 4.69) is 0 Å². The molecule has 1 aromatic heterocycles. The van der Waals surface area contributed by atoms with Crippen LogP contribution in [-0.4, -0.2) is 17.8 Å². The number of aryl methyl sites for hydroxylation is 1. The molecule has 0 aliphatic carbocycles. The zero-order valence-corrected chi connectivity index (χ0v) is 6.36. The van der Waals surface area contributed by atoms with Gasteiger partial charge in [0.05, 0.1) is 12.9 Å². The van der Waals surface area contributed by atoms with Gasteiger partial charge in [-0.05, 0) is 18.6 Å². The molecule has 1 heterocycles. The molecule has 0 radical (unpaired) electrons. The molecule has 3 nitrogen and oxygen atoms in total. The van der Waals surface area contributed by atoms with Gasteiger partial charge in [0.25, 0.3) is 0 Å². The van der Waals surface area contributed by atoms with Crippen LogP contribution in [0, 0.1) is 0 Å². The molecule has 3 heteroatoms. The van der Waals surface area contributed by atoms with E-state index in [1.807, 2.05) is 12.1 Å². The molecule has 0 saturated heterocycles. The molecule has 1 aromatic rings. The van der Waals surface area contributed by atoms with E-state index < -0.39 is 0 Å². The van der Waals surface area contributed by atoms with E-state index in [-0.39, 0.29) is 12.6 Å². The van der Waals surface area contributed by atoms with Gasteiger partial charge >= 0.3 is 0 Å². The predicted molar refractivity (Wildman–Crippen MR) is 42.1 cm³/mol. The minimum absolute atomic E-state index is 0.0424. The van der Waals surface area contributed by atoms with E-state index in [1.54, 1.807) is 6.26 Å². The van der Waals surface area contributed by atoms with Gasteiger partial charge in [-0.25, -0.2) is 0 Å². The van der Waals surface area contributed by atoms with Crippen molar-refractivity contribution < 1.29 is 9.52 Å². The molecule has 0 aliphatic rings. The van der Waals surface area contributed by atoms with E-state index in [0.717, 1.165) is 18.6 Å². The van der Waals surface area contributed by atoms with Gasteiger partial charge in [-0.15, -0.1) is 0 Å². The third kappa shape index (κ3) is 2.74. The van der Waals surface area contributed by atoms with Gasteiger partial charge in [0.15, 0.2) is 0 Å². The van der Waals surface area contributed by atoms with Crippen LogP contribution in [-0.2, 0) is 6.42 Å². The highest BCUT2D eigenvalue weighted by Gasteiger charge is 2.01. The second-order valence-electron chi connectivity index (χ2n) is 2.56. The number of aliphatic hydroxyl groups is 1. The van der Waals surface area contributed by atoms with Gasteiger partial charge in [0.1, 0.15) is 5.76 Å². The molecule has 0 bridgehead atoms. The molecule has 1 rings (SSSR count). The van der Waals surface area contributed by atoms with E-state index in [4.69, 9.17) is 15.3 Å². The minimum atomic E-state index is -0.125. The number of furan rings is 1. The van der Waals surface area contributed by atoms with Crippen LogP contribution in [0.3, 0.4) is 0 Å². The van der Waals surface area contributed by atoms with Crippen LogP contribution in [0.2, 0.25) is 0 Å². The maximum Gasteiger partial charge on any atom is 0.103 e. The molecule has 0 aliphatic heterocycles. The first-order valence-corrected chi connectivity index (χ1v) is 3.71. The molecule has 1 unspecified atom stereocenters. The normalized spacial score (nSPS) is 13.3. The Hall–Kier alpha value is -0.800. The summed E-state index contributed by atoms with van der Waals surface area (Å²) in [5.74, 6) is 0.925. The van der Waals surface area contributed by atoms with Crippen molar-refractivity contribution in [3.63, 3.8) is 0 Å². The van der Waals surface area contributed by atoms with Gasteiger partial charge < -0.3 is 15.3 Å². The van der Waals surface area contributed by atoms with Crippen LogP contribution < -0.4 is 5.73 Å². The molecule has 0 aromatic carbocycles. The molecule has 0 saturated carbocycles. The first kappa shape index (κ1) is 8.30. The molecule has 3 N–H and O–H groups in total. The molecule has 0 spiro atoms. The van der Waals surface area contributed by atoms with Gasteiger partial charge in [-0.2, -0.15) is 0 Å². The Labute approximate surface area is 65.8 Å². The summed E-state index contributed by atoms with van der Waals surface area (Å²) in [6, 6.07) is 3.63. The Kier molecular flexibility index (Phi) is 3.14. The molecule has 1 atom stereocenters. The lowest BCUT2D eigenvalue weighted by Gasteiger charge is -2.04. The van der Waals surface area contributed by atoms with Crippen molar-refractivity contribution >= 4 is 0 Å². The zero-order valence-electron chi connectivity index (χ0n) is 6.36. The van der Waals surface area contributed by atoms with Gasteiger partial charge in [0, 0.05) is 12.5 Å². The fourth-order valence-corrected chi connectivity index (χ4v) is 0.874. The number of rotatable bonds is 4. The smallest absolute Gasteiger partial charge is 0.103 e. The highest BCUT2D eigenvalue weighted by Crippen LogP contribution is 2.04. The van der Waals surface area contributed by atoms with Gasteiger partial charge in [-0.1, -0.05) is 0 Å². The summed E-state index contributed by atoms with van der Waals surface area (Å²) in [6.07, 6.45) is 3.21. The van der Waals surface area contributed by atoms with Crippen LogP contribution in [0.25, 0.3) is 0 Å². The highest BCUT2D eigenvalue weighted by atomic mass is 16.3. The molecule has 0 fully saturated rings. The molecule has 11 heavy (non-hydrogen) atoms. The second kappa shape index (κ2) is 4.16. The topological polar surface area (TPSA) is 59.4 Å². The standard InChI is InChI=1S/C8H13NO2/c9-7(6-10)3-4-8-2-1-5-11-8/h1-2,5,7,10H,3-4,6,9H2. The van der Waals surface area contributed by atoms with Crippen molar-refractivity contribution in [1.82, 2.24) is 0 Å². The number of nitrogens with two attached hydrogens (primary N) is 1. The van der Waals surface area contributed by atoms with Gasteiger partial charge in [0.2, 0.25) is 0 Å². The lowest BCUT2D eigenvalue weighted by Crippen LogP contribution is -2.24. The van der Waals surface area contributed by atoms with Gasteiger partial charge in [-0.3, -0.25) is 0 Å². The Morgan fingerprint density at radius 2 is 2.45 bits per heavy atom. The second-order valence-corrected chi connectivity index (χ2v) is 2.56. The van der Waals surface area contributed by atoms with Crippen molar-refractivity contribution in [2.45, 2.75) is 18.9 Å². The average Bonchev–Trinajstić information content (AvgIpc) is 2.52. The van der Waals surface area contributed by atoms with Crippen LogP contribution in [0.15, 0.2) is 22.8 Å². The first-order valence-electron chi connectivity index (χ1n) is 3.71. The maximum absolute atomic E-state index is 8.61. The van der Waals surface area contributed by atoms with E-state index in [1.165, 1.54) is 0 Å². The van der Waals surface area contributed by atoms with Crippen molar-refractivity contribution in [1.29, 1.82) is 0 Å². The summed E-state index contributed by atoms with van der Waals surface area (Å²) >= 11 is 0. The lowest BCUT2D eigenvalue weighted by molar-refractivity contribution is 0.258. The molecule has 62 valence electrons. The van der Waals surface area contributed by atoms with Crippen LogP contribution >= 0.6 is 0 Å². The molecule has 0 amide bonds. The van der Waals surface area contributed by atoms with E-state index in [9.17, 15) is 0 Å².